The van der Waals surface area contributed by atoms with Crippen molar-refractivity contribution < 1.29 is 23.6 Å². The summed E-state index contributed by atoms with van der Waals surface area (Å²) in [6.07, 6.45) is 0.206. The Balaban J connectivity index is 2.29. The molecule has 1 aliphatic heterocycles. The van der Waals surface area contributed by atoms with Gasteiger partial charge in [-0.2, -0.15) is 0 Å². The summed E-state index contributed by atoms with van der Waals surface area (Å²) in [5, 5.41) is 4.31. The highest BCUT2D eigenvalue weighted by Gasteiger charge is 2.51. The number of benzene rings is 1. The fourth-order valence-corrected chi connectivity index (χ4v) is 2.46. The average Bonchev–Trinajstić information content (AvgIpc) is 2.72. The van der Waals surface area contributed by atoms with Crippen molar-refractivity contribution in [2.24, 2.45) is 5.73 Å². The van der Waals surface area contributed by atoms with Gasteiger partial charge in [-0.3, -0.25) is 19.8 Å². The molecule has 1 fully saturated rings. The molecule has 4 N–H and O–H groups in total. The van der Waals surface area contributed by atoms with Gasteiger partial charge in [0, 0.05) is 0 Å². The van der Waals surface area contributed by atoms with E-state index in [1.807, 2.05) is 0 Å². The molecule has 1 aromatic carbocycles. The van der Waals surface area contributed by atoms with Gasteiger partial charge in [-0.15, -0.1) is 0 Å². The third-order valence-electron chi connectivity index (χ3n) is 3.61. The molecule has 1 aromatic rings. The van der Waals surface area contributed by atoms with Crippen molar-refractivity contribution in [3.8, 4) is 0 Å². The fraction of sp³-hybridized carbons (Fsp3) is 0.286. The molecule has 23 heavy (non-hydrogen) atoms. The molecule has 6 amide bonds. The van der Waals surface area contributed by atoms with Crippen molar-refractivity contribution in [1.82, 2.24) is 15.5 Å². The monoisotopic (exact) mass is 322 g/mol. The van der Waals surface area contributed by atoms with Crippen LogP contribution < -0.4 is 16.4 Å². The van der Waals surface area contributed by atoms with E-state index in [1.54, 1.807) is 12.2 Å². The molecule has 0 spiro atoms. The van der Waals surface area contributed by atoms with Crippen LogP contribution in [0.5, 0.6) is 0 Å². The summed E-state index contributed by atoms with van der Waals surface area (Å²) in [4.78, 5) is 47.5. The number of carbonyl (C=O) groups is 4. The topological polar surface area (TPSA) is 122 Å². The van der Waals surface area contributed by atoms with Gasteiger partial charge in [-0.05, 0) is 24.1 Å². The molecule has 0 saturated carbocycles. The Labute approximate surface area is 130 Å². The van der Waals surface area contributed by atoms with Crippen LogP contribution in [0.4, 0.5) is 14.0 Å². The van der Waals surface area contributed by atoms with Gasteiger partial charge in [0.2, 0.25) is 5.91 Å². The molecule has 0 aliphatic carbocycles. The number of hydrogen-bond donors (Lipinski definition) is 3. The third kappa shape index (κ3) is 2.98. The van der Waals surface area contributed by atoms with Crippen molar-refractivity contribution >= 4 is 23.9 Å². The smallest absolute Gasteiger partial charge is 0.325 e. The van der Waals surface area contributed by atoms with Crippen molar-refractivity contribution in [2.45, 2.75) is 18.9 Å². The highest BCUT2D eigenvalue weighted by molar-refractivity contribution is 6.10. The zero-order valence-corrected chi connectivity index (χ0v) is 12.3. The van der Waals surface area contributed by atoms with E-state index in [0.717, 1.165) is 0 Å². The fourth-order valence-electron chi connectivity index (χ4n) is 2.46. The van der Waals surface area contributed by atoms with E-state index < -0.39 is 41.8 Å². The second-order valence-electron chi connectivity index (χ2n) is 5.00. The number of nitrogens with two attached hydrogens (primary N) is 1. The van der Waals surface area contributed by atoms with Gasteiger partial charge in [0.05, 0.1) is 0 Å². The number of nitrogens with one attached hydrogen (secondary N) is 2. The molecule has 1 saturated heterocycles. The minimum atomic E-state index is -1.38. The van der Waals surface area contributed by atoms with Gasteiger partial charge >= 0.3 is 12.1 Å². The molecule has 2 rings (SSSR count). The predicted octanol–water partition coefficient (Wildman–Crippen LogP) is 0.178. The van der Waals surface area contributed by atoms with E-state index in [2.05, 4.69) is 5.32 Å². The molecule has 9 heteroatoms. The summed E-state index contributed by atoms with van der Waals surface area (Å²) in [6.45, 7) is 1.03. The van der Waals surface area contributed by atoms with Crippen molar-refractivity contribution in [2.75, 3.05) is 6.54 Å². The summed E-state index contributed by atoms with van der Waals surface area (Å²) < 4.78 is 13.1. The first kappa shape index (κ1) is 16.4. The van der Waals surface area contributed by atoms with Crippen LogP contribution in [0, 0.1) is 5.82 Å². The Morgan fingerprint density at radius 2 is 1.91 bits per heavy atom. The summed E-state index contributed by atoms with van der Waals surface area (Å²) in [7, 11) is 0. The van der Waals surface area contributed by atoms with Crippen LogP contribution in [0.2, 0.25) is 0 Å². The predicted molar refractivity (Wildman–Crippen MR) is 76.3 cm³/mol. The maximum absolute atomic E-state index is 13.1. The Morgan fingerprint density at radius 3 is 2.43 bits per heavy atom. The summed E-state index contributed by atoms with van der Waals surface area (Å²) in [5.74, 6) is -2.02. The van der Waals surface area contributed by atoms with Crippen molar-refractivity contribution in [3.05, 3.63) is 35.6 Å². The van der Waals surface area contributed by atoms with Gasteiger partial charge in [0.1, 0.15) is 17.9 Å². The maximum Gasteiger partial charge on any atom is 0.325 e. The molecule has 1 heterocycles. The number of primary amides is 1. The van der Waals surface area contributed by atoms with E-state index in [4.69, 9.17) is 5.73 Å². The van der Waals surface area contributed by atoms with E-state index in [-0.39, 0.29) is 6.42 Å². The van der Waals surface area contributed by atoms with Gasteiger partial charge in [-0.25, -0.2) is 14.0 Å². The van der Waals surface area contributed by atoms with Crippen LogP contribution in [0.25, 0.3) is 0 Å². The Kier molecular flexibility index (Phi) is 4.30. The van der Waals surface area contributed by atoms with E-state index in [1.165, 1.54) is 24.3 Å². The summed E-state index contributed by atoms with van der Waals surface area (Å²) in [6, 6.07) is 3.28. The number of urea groups is 2. The zero-order valence-electron chi connectivity index (χ0n) is 12.3. The number of halogens is 1. The lowest BCUT2D eigenvalue weighted by Crippen LogP contribution is -2.46. The molecular weight excluding hydrogens is 307 g/mol. The number of carbonyl (C=O) groups excluding carboxylic acids is 4. The second kappa shape index (κ2) is 6.03. The van der Waals surface area contributed by atoms with Crippen LogP contribution in [0.15, 0.2) is 24.3 Å². The first-order valence-corrected chi connectivity index (χ1v) is 6.79. The first-order valence-electron chi connectivity index (χ1n) is 6.79. The molecular formula is C14H15FN4O4. The van der Waals surface area contributed by atoms with Crippen LogP contribution in [-0.2, 0) is 15.1 Å². The lowest BCUT2D eigenvalue weighted by molar-refractivity contribution is -0.135. The number of amides is 6. The normalized spacial score (nSPS) is 20.3. The molecule has 1 atom stereocenters. The lowest BCUT2D eigenvalue weighted by atomic mass is 9.87. The minimum absolute atomic E-state index is 0.206. The molecule has 1 aliphatic rings. The van der Waals surface area contributed by atoms with Gasteiger partial charge in [-0.1, -0.05) is 19.1 Å². The standard InChI is InChI=1S/C14H15FN4O4/c1-2-14(8-3-5-9(15)6-4-8)11(21)19(13(23)18-14)7-10(20)17-12(16)22/h3-6H,2,7H2,1H3,(H,18,23)(H3,16,17,20,22)/t14-/m0/s1. The third-order valence-corrected chi connectivity index (χ3v) is 3.61. The zero-order chi connectivity index (χ0) is 17.2. The molecule has 0 unspecified atom stereocenters. The van der Waals surface area contributed by atoms with Crippen molar-refractivity contribution in [3.63, 3.8) is 0 Å². The average molecular weight is 322 g/mol. The molecule has 8 nitrogen and oxygen atoms in total. The van der Waals surface area contributed by atoms with Gasteiger partial charge < -0.3 is 11.1 Å². The molecule has 0 aromatic heterocycles. The van der Waals surface area contributed by atoms with Crippen LogP contribution in [-0.4, -0.2) is 35.3 Å². The minimum Gasteiger partial charge on any atom is -0.351 e. The highest BCUT2D eigenvalue weighted by Crippen LogP contribution is 2.32. The van der Waals surface area contributed by atoms with Crippen LogP contribution in [0.3, 0.4) is 0 Å². The van der Waals surface area contributed by atoms with Crippen LogP contribution >= 0.6 is 0 Å². The van der Waals surface area contributed by atoms with Crippen molar-refractivity contribution in [1.29, 1.82) is 0 Å². The van der Waals surface area contributed by atoms with Gasteiger partial charge in [0.25, 0.3) is 5.91 Å². The SMILES string of the molecule is CC[C@@]1(c2ccc(F)cc2)NC(=O)N(CC(=O)NC(N)=O)C1=O. The first-order chi connectivity index (χ1) is 10.8. The molecule has 0 bridgehead atoms. The number of imide groups is 2. The van der Waals surface area contributed by atoms with Crippen LogP contribution in [0.1, 0.15) is 18.9 Å². The quantitative estimate of drug-likeness (QED) is 0.684. The number of rotatable bonds is 4. The maximum atomic E-state index is 13.1. The van der Waals surface area contributed by atoms with E-state index >= 15 is 0 Å². The summed E-state index contributed by atoms with van der Waals surface area (Å²) in [5.41, 5.74) is 3.83. The molecule has 0 radical (unpaired) electrons. The molecule has 122 valence electrons. The number of hydrogen-bond acceptors (Lipinski definition) is 4. The second-order valence-corrected chi connectivity index (χ2v) is 5.00. The Bertz CT molecular complexity index is 676. The Hall–Kier alpha value is -2.97. The lowest BCUT2D eigenvalue weighted by Gasteiger charge is -2.25. The Morgan fingerprint density at radius 1 is 1.30 bits per heavy atom. The van der Waals surface area contributed by atoms with E-state index in [9.17, 15) is 23.6 Å². The highest BCUT2D eigenvalue weighted by atomic mass is 19.1. The number of nitrogens with zero attached hydrogens (tertiary/aromatic N) is 1. The van der Waals surface area contributed by atoms with E-state index in [0.29, 0.717) is 10.5 Å². The largest absolute Gasteiger partial charge is 0.351 e. The summed E-state index contributed by atoms with van der Waals surface area (Å²) >= 11 is 0. The van der Waals surface area contributed by atoms with Gasteiger partial charge in [0.15, 0.2) is 0 Å².